The lowest BCUT2D eigenvalue weighted by molar-refractivity contribution is -0.137. The molecule has 30 heavy (non-hydrogen) atoms. The summed E-state index contributed by atoms with van der Waals surface area (Å²) in [5, 5.41) is 7.22. The second kappa shape index (κ2) is 7.91. The average Bonchev–Trinajstić information content (AvgIpc) is 2.74. The largest absolute Gasteiger partial charge is 0.416 e. The lowest BCUT2D eigenvalue weighted by atomic mass is 10.1. The number of carbonyl (C=O) groups excluding carboxylic acids is 1. The van der Waals surface area contributed by atoms with Crippen LogP contribution in [0.5, 0.6) is 0 Å². The van der Waals surface area contributed by atoms with Crippen LogP contribution in [0.25, 0.3) is 10.8 Å². The molecule has 9 heteroatoms. The number of nitrogens with one attached hydrogen (secondary N) is 1. The third-order valence-electron chi connectivity index (χ3n) is 5.22. The number of benzene rings is 2. The van der Waals surface area contributed by atoms with Crippen molar-refractivity contribution in [2.24, 2.45) is 0 Å². The van der Waals surface area contributed by atoms with Crippen LogP contribution in [0.1, 0.15) is 21.6 Å². The molecule has 0 saturated carbocycles. The molecule has 0 bridgehead atoms. The van der Waals surface area contributed by atoms with Crippen molar-refractivity contribution in [1.29, 1.82) is 0 Å². The Hall–Kier alpha value is -3.20. The predicted octanol–water partition coefficient (Wildman–Crippen LogP) is 2.90. The molecule has 0 atom stereocenters. The van der Waals surface area contributed by atoms with Gasteiger partial charge in [0, 0.05) is 38.1 Å². The number of rotatable bonds is 3. The summed E-state index contributed by atoms with van der Waals surface area (Å²) >= 11 is 0. The van der Waals surface area contributed by atoms with Crippen LogP contribution in [0.4, 0.5) is 13.2 Å². The van der Waals surface area contributed by atoms with E-state index < -0.39 is 11.7 Å². The fraction of sp³-hybridized carbons (Fsp3) is 0.286. The van der Waals surface area contributed by atoms with E-state index in [0.29, 0.717) is 49.1 Å². The van der Waals surface area contributed by atoms with E-state index in [1.165, 1.54) is 6.07 Å². The van der Waals surface area contributed by atoms with Gasteiger partial charge in [-0.3, -0.25) is 14.5 Å². The predicted molar refractivity (Wildman–Crippen MR) is 105 cm³/mol. The Kier molecular flexibility index (Phi) is 5.29. The van der Waals surface area contributed by atoms with E-state index in [2.05, 4.69) is 10.2 Å². The fourth-order valence-corrected chi connectivity index (χ4v) is 3.64. The summed E-state index contributed by atoms with van der Waals surface area (Å²) in [4.78, 5) is 28.5. The summed E-state index contributed by atoms with van der Waals surface area (Å²) in [5.74, 6) is -0.277. The maximum Gasteiger partial charge on any atom is 0.416 e. The van der Waals surface area contributed by atoms with Gasteiger partial charge in [0.05, 0.1) is 10.9 Å². The van der Waals surface area contributed by atoms with Crippen molar-refractivity contribution in [2.45, 2.75) is 12.7 Å². The highest BCUT2D eigenvalue weighted by molar-refractivity contribution is 6.04. The van der Waals surface area contributed by atoms with E-state index in [4.69, 9.17) is 0 Å². The summed E-state index contributed by atoms with van der Waals surface area (Å²) in [6, 6.07) is 12.1. The van der Waals surface area contributed by atoms with Gasteiger partial charge in [-0.05, 0) is 17.7 Å². The van der Waals surface area contributed by atoms with E-state index >= 15 is 0 Å². The molecule has 2 heterocycles. The molecular formula is C21H19F3N4O2. The monoisotopic (exact) mass is 416 g/mol. The van der Waals surface area contributed by atoms with Gasteiger partial charge in [0.2, 0.25) is 0 Å². The first-order valence-electron chi connectivity index (χ1n) is 9.48. The van der Waals surface area contributed by atoms with Crippen LogP contribution in [0.2, 0.25) is 0 Å². The number of amides is 1. The number of hydrogen-bond acceptors (Lipinski definition) is 4. The summed E-state index contributed by atoms with van der Waals surface area (Å²) < 4.78 is 38.7. The molecule has 1 aliphatic heterocycles. The molecule has 1 N–H and O–H groups in total. The molecule has 1 fully saturated rings. The number of hydrogen-bond donors (Lipinski definition) is 1. The molecule has 4 rings (SSSR count). The summed E-state index contributed by atoms with van der Waals surface area (Å²) in [7, 11) is 0. The quantitative estimate of drug-likeness (QED) is 0.713. The molecule has 2 aromatic carbocycles. The Morgan fingerprint density at radius 3 is 2.40 bits per heavy atom. The summed E-state index contributed by atoms with van der Waals surface area (Å²) in [6.45, 7) is 2.29. The normalized spacial score (nSPS) is 15.5. The summed E-state index contributed by atoms with van der Waals surface area (Å²) in [6.07, 6.45) is -4.37. The van der Waals surface area contributed by atoms with Crippen molar-refractivity contribution >= 4 is 16.7 Å². The van der Waals surface area contributed by atoms with Gasteiger partial charge in [0.25, 0.3) is 11.5 Å². The van der Waals surface area contributed by atoms with E-state index in [0.717, 1.165) is 12.1 Å². The lowest BCUT2D eigenvalue weighted by Gasteiger charge is -2.34. The number of alkyl halides is 3. The number of aromatic nitrogens is 2. The molecular weight excluding hydrogens is 397 g/mol. The molecule has 156 valence electrons. The lowest BCUT2D eigenvalue weighted by Crippen LogP contribution is -2.48. The molecule has 0 unspecified atom stereocenters. The van der Waals surface area contributed by atoms with Gasteiger partial charge in [-0.15, -0.1) is 0 Å². The first-order chi connectivity index (χ1) is 14.3. The highest BCUT2D eigenvalue weighted by Gasteiger charge is 2.31. The van der Waals surface area contributed by atoms with Gasteiger partial charge < -0.3 is 4.90 Å². The van der Waals surface area contributed by atoms with Crippen LogP contribution in [0.3, 0.4) is 0 Å². The van der Waals surface area contributed by atoms with Crippen LogP contribution in [0.15, 0.2) is 53.3 Å². The molecule has 1 aliphatic rings. The molecule has 0 radical (unpaired) electrons. The standard InChI is InChI=1S/C21H19F3N4O2/c22-21(23,24)15-5-3-4-14(12-15)13-27-8-10-28(11-9-27)20(30)18-16-6-1-2-7-17(16)19(29)26-25-18/h1-7,12H,8-11,13H2,(H,26,29). The van der Waals surface area contributed by atoms with Gasteiger partial charge in [0.15, 0.2) is 5.69 Å². The van der Waals surface area contributed by atoms with Gasteiger partial charge in [-0.25, -0.2) is 5.10 Å². The Morgan fingerprint density at radius 2 is 1.70 bits per heavy atom. The van der Waals surface area contributed by atoms with Gasteiger partial charge in [0.1, 0.15) is 0 Å². The Morgan fingerprint density at radius 1 is 1.00 bits per heavy atom. The zero-order chi connectivity index (χ0) is 21.3. The highest BCUT2D eigenvalue weighted by Crippen LogP contribution is 2.29. The van der Waals surface area contributed by atoms with Crippen LogP contribution in [0, 0.1) is 0 Å². The third-order valence-corrected chi connectivity index (χ3v) is 5.22. The number of nitrogens with zero attached hydrogens (tertiary/aromatic N) is 3. The van der Waals surface area contributed by atoms with Crippen molar-refractivity contribution in [3.8, 4) is 0 Å². The van der Waals surface area contributed by atoms with E-state index in [1.807, 2.05) is 4.90 Å². The number of carbonyl (C=O) groups is 1. The number of aromatic amines is 1. The minimum atomic E-state index is -4.37. The zero-order valence-corrected chi connectivity index (χ0v) is 15.9. The zero-order valence-electron chi connectivity index (χ0n) is 15.9. The molecule has 1 saturated heterocycles. The molecule has 0 spiro atoms. The van der Waals surface area contributed by atoms with Crippen LogP contribution >= 0.6 is 0 Å². The van der Waals surface area contributed by atoms with Crippen molar-refractivity contribution in [1.82, 2.24) is 20.0 Å². The smallest absolute Gasteiger partial charge is 0.335 e. The van der Waals surface area contributed by atoms with Crippen molar-refractivity contribution in [3.63, 3.8) is 0 Å². The van der Waals surface area contributed by atoms with Gasteiger partial charge >= 0.3 is 6.18 Å². The highest BCUT2D eigenvalue weighted by atomic mass is 19.4. The van der Waals surface area contributed by atoms with Crippen molar-refractivity contribution in [2.75, 3.05) is 26.2 Å². The number of piperazine rings is 1. The van der Waals surface area contributed by atoms with E-state index in [9.17, 15) is 22.8 Å². The molecule has 1 aromatic heterocycles. The molecule has 0 aliphatic carbocycles. The van der Waals surface area contributed by atoms with Crippen molar-refractivity contribution < 1.29 is 18.0 Å². The Labute approximate surface area is 169 Å². The number of H-pyrrole nitrogens is 1. The minimum Gasteiger partial charge on any atom is -0.335 e. The summed E-state index contributed by atoms with van der Waals surface area (Å²) in [5.41, 5.74) is -0.243. The molecule has 1 amide bonds. The maximum absolute atomic E-state index is 12.9. The van der Waals surface area contributed by atoms with Crippen LogP contribution < -0.4 is 5.56 Å². The fourth-order valence-electron chi connectivity index (χ4n) is 3.64. The third kappa shape index (κ3) is 4.06. The average molecular weight is 416 g/mol. The number of halogens is 3. The van der Waals surface area contributed by atoms with Crippen LogP contribution in [-0.2, 0) is 12.7 Å². The molecule has 6 nitrogen and oxygen atoms in total. The Bertz CT molecular complexity index is 1130. The Balaban J connectivity index is 1.44. The van der Waals surface area contributed by atoms with Crippen molar-refractivity contribution in [3.05, 3.63) is 75.7 Å². The topological polar surface area (TPSA) is 69.3 Å². The first kappa shape index (κ1) is 20.1. The maximum atomic E-state index is 12.9. The van der Waals surface area contributed by atoms with Crippen LogP contribution in [-0.4, -0.2) is 52.1 Å². The van der Waals surface area contributed by atoms with Gasteiger partial charge in [-0.2, -0.15) is 18.3 Å². The first-order valence-corrected chi connectivity index (χ1v) is 9.48. The SMILES string of the molecule is O=C(c1n[nH]c(=O)c2ccccc12)N1CCN(Cc2cccc(C(F)(F)F)c2)CC1. The molecule has 3 aromatic rings. The van der Waals surface area contributed by atoms with E-state index in [1.54, 1.807) is 35.2 Å². The van der Waals surface area contributed by atoms with E-state index in [-0.39, 0.29) is 17.2 Å². The second-order valence-electron chi connectivity index (χ2n) is 7.21. The van der Waals surface area contributed by atoms with Gasteiger partial charge in [-0.1, -0.05) is 36.4 Å². The minimum absolute atomic E-state index is 0.191. The number of fused-ring (bicyclic) bond motifs is 1. The second-order valence-corrected chi connectivity index (χ2v) is 7.21.